The second-order valence-corrected chi connectivity index (χ2v) is 10.1. The summed E-state index contributed by atoms with van der Waals surface area (Å²) < 4.78 is 28.9. The first-order valence-corrected chi connectivity index (χ1v) is 12.6. The minimum atomic E-state index is -3.27. The summed E-state index contributed by atoms with van der Waals surface area (Å²) in [4.78, 5) is 18.0. The van der Waals surface area contributed by atoms with Crippen molar-refractivity contribution in [2.45, 2.75) is 51.5 Å². The van der Waals surface area contributed by atoms with E-state index < -0.39 is 15.8 Å². The fraction of sp³-hybridized carbons (Fsp3) is 0.308. The van der Waals surface area contributed by atoms with E-state index >= 15 is 0 Å². The maximum Gasteiger partial charge on any atom is 0.340 e. The minimum Gasteiger partial charge on any atom is -0.457 e. The van der Waals surface area contributed by atoms with Crippen molar-refractivity contribution in [1.82, 2.24) is 4.98 Å². The van der Waals surface area contributed by atoms with E-state index in [0.29, 0.717) is 16.8 Å². The molecule has 0 saturated carbocycles. The van der Waals surface area contributed by atoms with Gasteiger partial charge in [0, 0.05) is 11.9 Å². The van der Waals surface area contributed by atoms with Gasteiger partial charge in [-0.15, -0.1) is 0 Å². The Morgan fingerprint density at radius 1 is 1.00 bits per heavy atom. The molecule has 0 saturated heterocycles. The van der Waals surface area contributed by atoms with Gasteiger partial charge in [-0.25, -0.2) is 13.2 Å². The number of hydrogen-bond donors (Lipinski definition) is 0. The monoisotopic (exact) mass is 451 g/mol. The molecule has 0 unspecified atom stereocenters. The van der Waals surface area contributed by atoms with Crippen LogP contribution in [0, 0.1) is 13.8 Å². The Bertz CT molecular complexity index is 1200. The van der Waals surface area contributed by atoms with Gasteiger partial charge in [-0.2, -0.15) is 0 Å². The van der Waals surface area contributed by atoms with E-state index in [1.165, 1.54) is 12.1 Å². The van der Waals surface area contributed by atoms with Gasteiger partial charge in [0.2, 0.25) is 0 Å². The third-order valence-electron chi connectivity index (χ3n) is 5.33. The van der Waals surface area contributed by atoms with Crippen molar-refractivity contribution in [3.05, 3.63) is 82.7 Å². The van der Waals surface area contributed by atoms with Gasteiger partial charge in [-0.1, -0.05) is 55.3 Å². The van der Waals surface area contributed by atoms with Gasteiger partial charge in [-0.05, 0) is 61.6 Å². The zero-order valence-corrected chi connectivity index (χ0v) is 19.8. The quantitative estimate of drug-likeness (QED) is 0.425. The van der Waals surface area contributed by atoms with Crippen LogP contribution in [0.15, 0.2) is 59.5 Å². The number of aryl methyl sites for hydroxylation is 3. The van der Waals surface area contributed by atoms with E-state index in [1.54, 1.807) is 12.1 Å². The average molecular weight is 452 g/mol. The summed E-state index contributed by atoms with van der Waals surface area (Å²) in [6.07, 6.45) is 4.13. The van der Waals surface area contributed by atoms with Gasteiger partial charge in [0.15, 0.2) is 9.84 Å². The Balaban J connectivity index is 1.89. The first-order chi connectivity index (χ1) is 15.2. The lowest BCUT2D eigenvalue weighted by atomic mass is 9.96. The molecule has 3 aromatic rings. The fourth-order valence-corrected chi connectivity index (χ4v) is 4.13. The van der Waals surface area contributed by atoms with Crippen LogP contribution < -0.4 is 0 Å². The molecule has 0 aliphatic rings. The summed E-state index contributed by atoms with van der Waals surface area (Å²) in [6, 6.07) is 16.4. The molecule has 0 aliphatic carbocycles. The first kappa shape index (κ1) is 23.7. The number of carbonyl (C=O) groups excluding carboxylic acids is 1. The van der Waals surface area contributed by atoms with Crippen LogP contribution in [0.1, 0.15) is 52.6 Å². The lowest BCUT2D eigenvalue weighted by molar-refractivity contribution is 0.0472. The van der Waals surface area contributed by atoms with Gasteiger partial charge in [0.25, 0.3) is 0 Å². The van der Waals surface area contributed by atoms with Gasteiger partial charge in [0.05, 0.1) is 16.2 Å². The number of esters is 1. The summed E-state index contributed by atoms with van der Waals surface area (Å²) in [7, 11) is -3.27. The number of aromatic nitrogens is 1. The average Bonchev–Trinajstić information content (AvgIpc) is 2.76. The molecule has 0 N–H and O–H groups in total. The largest absolute Gasteiger partial charge is 0.457 e. The summed E-state index contributed by atoms with van der Waals surface area (Å²) in [5.74, 6) is -0.445. The normalized spacial score (nSPS) is 11.4. The number of benzene rings is 2. The molecule has 0 fully saturated rings. The molecule has 32 heavy (non-hydrogen) atoms. The maximum absolute atomic E-state index is 13.1. The number of unbranched alkanes of at least 4 members (excludes halogenated alkanes) is 1. The molecular weight excluding hydrogens is 422 g/mol. The highest BCUT2D eigenvalue weighted by Crippen LogP contribution is 2.28. The highest BCUT2D eigenvalue weighted by Gasteiger charge is 2.20. The summed E-state index contributed by atoms with van der Waals surface area (Å²) >= 11 is 0. The number of nitrogens with zero attached hydrogens (tertiary/aromatic N) is 1. The zero-order valence-electron chi connectivity index (χ0n) is 19.0. The minimum absolute atomic E-state index is 0.0488. The molecule has 0 spiro atoms. The first-order valence-electron chi connectivity index (χ1n) is 10.7. The fourth-order valence-electron chi connectivity index (χ4n) is 3.50. The SMILES string of the molecule is CCCCc1cc(-c2ccc(C)cc2)c(C(=O)OCc2ccc(S(C)(=O)=O)cc2)c(C)n1. The Kier molecular flexibility index (Phi) is 7.46. The Morgan fingerprint density at radius 3 is 2.25 bits per heavy atom. The van der Waals surface area contributed by atoms with Crippen molar-refractivity contribution in [3.8, 4) is 11.1 Å². The van der Waals surface area contributed by atoms with Crippen LogP contribution in [0.2, 0.25) is 0 Å². The predicted molar refractivity (Wildman–Crippen MR) is 126 cm³/mol. The highest BCUT2D eigenvalue weighted by molar-refractivity contribution is 7.90. The molecule has 0 atom stereocenters. The number of pyridine rings is 1. The van der Waals surface area contributed by atoms with Crippen LogP contribution in [-0.4, -0.2) is 25.6 Å². The van der Waals surface area contributed by atoms with Crippen LogP contribution in [0.25, 0.3) is 11.1 Å². The Labute approximate surface area is 190 Å². The van der Waals surface area contributed by atoms with Gasteiger partial charge in [0.1, 0.15) is 6.61 Å². The van der Waals surface area contributed by atoms with Crippen molar-refractivity contribution >= 4 is 15.8 Å². The van der Waals surface area contributed by atoms with Crippen LogP contribution >= 0.6 is 0 Å². The molecule has 168 valence electrons. The third-order valence-corrected chi connectivity index (χ3v) is 6.46. The molecule has 0 radical (unpaired) electrons. The number of ether oxygens (including phenoxy) is 1. The van der Waals surface area contributed by atoms with Crippen molar-refractivity contribution in [2.75, 3.05) is 6.26 Å². The van der Waals surface area contributed by atoms with Crippen molar-refractivity contribution in [1.29, 1.82) is 0 Å². The highest BCUT2D eigenvalue weighted by atomic mass is 32.2. The van der Waals surface area contributed by atoms with Crippen molar-refractivity contribution in [2.24, 2.45) is 0 Å². The number of rotatable bonds is 8. The van der Waals surface area contributed by atoms with Crippen LogP contribution in [0.3, 0.4) is 0 Å². The molecule has 0 amide bonds. The van der Waals surface area contributed by atoms with E-state index in [4.69, 9.17) is 4.74 Å². The summed E-state index contributed by atoms with van der Waals surface area (Å²) in [5, 5.41) is 0. The molecule has 0 aliphatic heterocycles. The van der Waals surface area contributed by atoms with Gasteiger partial charge in [-0.3, -0.25) is 4.98 Å². The number of sulfone groups is 1. The van der Waals surface area contributed by atoms with Crippen LogP contribution in [-0.2, 0) is 27.6 Å². The van der Waals surface area contributed by atoms with E-state index in [2.05, 4.69) is 11.9 Å². The van der Waals surface area contributed by atoms with E-state index in [-0.39, 0.29) is 11.5 Å². The van der Waals surface area contributed by atoms with E-state index in [1.807, 2.05) is 44.2 Å². The van der Waals surface area contributed by atoms with E-state index in [0.717, 1.165) is 47.9 Å². The molecule has 2 aromatic carbocycles. The predicted octanol–water partition coefficient (Wildman–Crippen LogP) is 5.47. The summed E-state index contributed by atoms with van der Waals surface area (Å²) in [6.45, 7) is 6.05. The number of carbonyl (C=O) groups is 1. The maximum atomic E-state index is 13.1. The molecule has 6 heteroatoms. The molecular formula is C26H29NO4S. The molecule has 1 heterocycles. The number of hydrogen-bond acceptors (Lipinski definition) is 5. The smallest absolute Gasteiger partial charge is 0.340 e. The second-order valence-electron chi connectivity index (χ2n) is 8.08. The Hall–Kier alpha value is -2.99. The van der Waals surface area contributed by atoms with E-state index in [9.17, 15) is 13.2 Å². The van der Waals surface area contributed by atoms with Gasteiger partial charge >= 0.3 is 5.97 Å². The lowest BCUT2D eigenvalue weighted by Gasteiger charge is -2.15. The van der Waals surface area contributed by atoms with Crippen LogP contribution in [0.4, 0.5) is 0 Å². The standard InChI is InChI=1S/C26H29NO4S/c1-5-6-7-22-16-24(21-12-8-18(2)9-13-21)25(19(3)27-22)26(28)31-17-20-10-14-23(15-11-20)32(4,29)30/h8-16H,5-7,17H2,1-4H3. The van der Waals surface area contributed by atoms with Crippen molar-refractivity contribution < 1.29 is 17.9 Å². The topological polar surface area (TPSA) is 73.3 Å². The Morgan fingerprint density at radius 2 is 1.66 bits per heavy atom. The lowest BCUT2D eigenvalue weighted by Crippen LogP contribution is -2.12. The molecule has 3 rings (SSSR count). The summed E-state index contributed by atoms with van der Waals surface area (Å²) in [5.41, 5.74) is 5.70. The van der Waals surface area contributed by atoms with Crippen molar-refractivity contribution in [3.63, 3.8) is 0 Å². The zero-order chi connectivity index (χ0) is 23.3. The van der Waals surface area contributed by atoms with Gasteiger partial charge < -0.3 is 4.74 Å². The molecule has 0 bridgehead atoms. The molecule has 1 aromatic heterocycles. The third kappa shape index (κ3) is 5.82. The van der Waals surface area contributed by atoms with Crippen LogP contribution in [0.5, 0.6) is 0 Å². The second kappa shape index (κ2) is 10.1. The molecule has 5 nitrogen and oxygen atoms in total.